The minimum Gasteiger partial charge on any atom is -0.506 e. The maximum Gasteiger partial charge on any atom is 0.251 e. The molecule has 5 N–H and O–H groups in total. The smallest absolute Gasteiger partial charge is 0.251 e. The molecule has 5 aromatic rings. The van der Waals surface area contributed by atoms with Gasteiger partial charge >= 0.3 is 0 Å². The number of benzene rings is 4. The summed E-state index contributed by atoms with van der Waals surface area (Å²) < 4.78 is 25.6. The molecule has 4 aliphatic rings. The first-order valence-corrected chi connectivity index (χ1v) is 22.3. The van der Waals surface area contributed by atoms with Crippen LogP contribution in [0.15, 0.2) is 85.2 Å². The van der Waals surface area contributed by atoms with E-state index in [2.05, 4.69) is 38.4 Å². The first-order valence-electron chi connectivity index (χ1n) is 19.7. The van der Waals surface area contributed by atoms with Gasteiger partial charge in [-0.25, -0.2) is 8.42 Å². The highest BCUT2D eigenvalue weighted by Crippen LogP contribution is 2.46. The number of likely N-dealkylation sites (N-methyl/N-ethyl adjacent to an activating group) is 1. The van der Waals surface area contributed by atoms with E-state index < -0.39 is 10.0 Å². The number of aryl methyl sites for hydroxylation is 1. The molecule has 2 aliphatic carbocycles. The number of hydrogen-bond donors (Lipinski definition) is 5. The number of nitrogens with zero attached hydrogens (tertiary/aromatic N) is 2. The van der Waals surface area contributed by atoms with Crippen molar-refractivity contribution < 1.29 is 23.4 Å². The Morgan fingerprint density at radius 1 is 0.845 bits per heavy atom. The molecule has 0 unspecified atom stereocenters. The van der Waals surface area contributed by atoms with Gasteiger partial charge < -0.3 is 25.7 Å². The number of carbonyl (C=O) groups is 1. The normalized spacial score (nSPS) is 20.8. The van der Waals surface area contributed by atoms with Crippen LogP contribution in [0.1, 0.15) is 85.1 Å². The number of carbonyl (C=O) groups excluding carboxylic acids is 1. The fourth-order valence-electron chi connectivity index (χ4n) is 9.49. The van der Waals surface area contributed by atoms with Crippen molar-refractivity contribution in [3.05, 3.63) is 151 Å². The van der Waals surface area contributed by atoms with Crippen molar-refractivity contribution in [1.29, 1.82) is 0 Å². The van der Waals surface area contributed by atoms with Gasteiger partial charge in [-0.3, -0.25) is 14.5 Å². The zero-order valence-corrected chi connectivity index (χ0v) is 34.8. The minimum atomic E-state index is -3.30. The molecular formula is C45H47Cl2N5O5S. The maximum atomic E-state index is 13.1. The number of amides is 1. The Balaban J connectivity index is 0.000000165. The summed E-state index contributed by atoms with van der Waals surface area (Å²) in [5.74, 6) is 0.368. The Hall–Kier alpha value is -4.65. The summed E-state index contributed by atoms with van der Waals surface area (Å²) in [5, 5.41) is 28.0. The Morgan fingerprint density at radius 2 is 1.57 bits per heavy atom. The number of aromatic hydroxyl groups is 2. The molecule has 4 aromatic carbocycles. The number of phenols is 2. The molecule has 0 bridgehead atoms. The molecule has 302 valence electrons. The molecule has 0 spiro atoms. The third-order valence-electron chi connectivity index (χ3n) is 12.1. The highest BCUT2D eigenvalue weighted by atomic mass is 35.5. The Morgan fingerprint density at radius 3 is 2.29 bits per heavy atom. The van der Waals surface area contributed by atoms with Gasteiger partial charge in [0.15, 0.2) is 0 Å². The third kappa shape index (κ3) is 8.28. The molecule has 0 radical (unpaired) electrons. The molecule has 1 aromatic heterocycles. The van der Waals surface area contributed by atoms with Crippen molar-refractivity contribution in [3.63, 3.8) is 0 Å². The Kier molecular flexibility index (Phi) is 11.4. The summed E-state index contributed by atoms with van der Waals surface area (Å²) in [6.07, 6.45) is 10.1. The third-order valence-corrected chi connectivity index (χ3v) is 13.4. The van der Waals surface area contributed by atoms with Gasteiger partial charge in [0.25, 0.3) is 5.91 Å². The average molecular weight is 841 g/mol. The largest absolute Gasteiger partial charge is 0.506 e. The predicted molar refractivity (Wildman–Crippen MR) is 229 cm³/mol. The number of fused-ring (bicyclic) bond motifs is 10. The summed E-state index contributed by atoms with van der Waals surface area (Å²) in [7, 11) is -1.13. The van der Waals surface area contributed by atoms with Crippen LogP contribution in [0.3, 0.4) is 0 Å². The number of sulfonamides is 1. The monoisotopic (exact) mass is 839 g/mol. The molecule has 9 rings (SSSR count). The van der Waals surface area contributed by atoms with E-state index in [1.54, 1.807) is 18.5 Å². The van der Waals surface area contributed by atoms with Crippen molar-refractivity contribution in [2.75, 3.05) is 31.1 Å². The van der Waals surface area contributed by atoms with Crippen LogP contribution in [0, 0.1) is 0 Å². The summed E-state index contributed by atoms with van der Waals surface area (Å²) in [5.41, 5.74) is 11.4. The maximum absolute atomic E-state index is 13.1. The second-order valence-electron chi connectivity index (χ2n) is 15.9. The second-order valence-corrected chi connectivity index (χ2v) is 18.4. The zero-order valence-electron chi connectivity index (χ0n) is 32.4. The molecule has 0 saturated heterocycles. The number of pyridine rings is 1. The molecule has 4 atom stereocenters. The van der Waals surface area contributed by atoms with E-state index in [1.165, 1.54) is 16.7 Å². The molecule has 13 heteroatoms. The van der Waals surface area contributed by atoms with E-state index in [1.807, 2.05) is 60.7 Å². The highest BCUT2D eigenvalue weighted by Gasteiger charge is 2.38. The van der Waals surface area contributed by atoms with Crippen LogP contribution < -0.4 is 15.4 Å². The zero-order chi connectivity index (χ0) is 40.7. The van der Waals surface area contributed by atoms with Gasteiger partial charge in [0.1, 0.15) is 11.5 Å². The molecule has 10 nitrogen and oxygen atoms in total. The minimum absolute atomic E-state index is 0.0645. The van der Waals surface area contributed by atoms with Crippen LogP contribution >= 0.6 is 23.2 Å². The van der Waals surface area contributed by atoms with Gasteiger partial charge in [-0.05, 0) is 151 Å². The molecule has 2 aliphatic heterocycles. The van der Waals surface area contributed by atoms with E-state index >= 15 is 0 Å². The van der Waals surface area contributed by atoms with Gasteiger partial charge in [0.2, 0.25) is 10.0 Å². The van der Waals surface area contributed by atoms with Gasteiger partial charge in [-0.15, -0.1) is 0 Å². The first kappa shape index (κ1) is 40.1. The number of hydrogen-bond acceptors (Lipinski definition) is 8. The topological polar surface area (TPSA) is 144 Å². The van der Waals surface area contributed by atoms with Crippen LogP contribution in [0.5, 0.6) is 11.5 Å². The molecular weight excluding hydrogens is 793 g/mol. The van der Waals surface area contributed by atoms with Gasteiger partial charge in [0, 0.05) is 60.7 Å². The van der Waals surface area contributed by atoms with Gasteiger partial charge in [-0.1, -0.05) is 47.5 Å². The lowest BCUT2D eigenvalue weighted by molar-refractivity contribution is 0.0949. The summed E-state index contributed by atoms with van der Waals surface area (Å²) in [4.78, 5) is 19.7. The number of halogens is 2. The van der Waals surface area contributed by atoms with E-state index in [4.69, 9.17) is 23.2 Å². The lowest BCUT2D eigenvalue weighted by atomic mass is 9.73. The molecule has 3 heterocycles. The second kappa shape index (κ2) is 16.5. The molecule has 0 saturated carbocycles. The van der Waals surface area contributed by atoms with Crippen molar-refractivity contribution in [1.82, 2.24) is 20.5 Å². The quantitative estimate of drug-likeness (QED) is 0.124. The van der Waals surface area contributed by atoms with Crippen LogP contribution in [0.2, 0.25) is 10.0 Å². The standard InChI is InChI=1S/C26H26ClN3O2.C19H21ClN2O3S/c1-30-11-9-17-12-22(27)24(31)13-21(17)25-19-5-2-6-20(18(19)7-8-23(25)30)26(32)29-15-16-4-3-10-28-14-16;1-26(24,25)22-13-3-4-14-11(8-13)2-5-17-19(14)15-10-18(23)16(20)9-12(15)6-7-21-17/h2-6,10,12-14,23,25,31H,7-9,11,15H2,1H3,(H,29,32);3-4,8-10,17,19,21-23H,2,5-7H2,1H3/t23-,25+;17-,19+/m00/s1. The summed E-state index contributed by atoms with van der Waals surface area (Å²) in [6.45, 7) is 2.26. The van der Waals surface area contributed by atoms with Crippen molar-refractivity contribution in [2.45, 2.75) is 69.0 Å². The van der Waals surface area contributed by atoms with E-state index in [-0.39, 0.29) is 35.3 Å². The number of phenolic OH excluding ortho intramolecular Hbond substituents is 2. The Bertz CT molecular complexity index is 2480. The number of nitrogens with one attached hydrogen (secondary N) is 3. The fourth-order valence-corrected chi connectivity index (χ4v) is 10.4. The number of rotatable bonds is 5. The van der Waals surface area contributed by atoms with E-state index in [0.29, 0.717) is 28.3 Å². The summed E-state index contributed by atoms with van der Waals surface area (Å²) in [6, 6.07) is 23.6. The lowest BCUT2D eigenvalue weighted by Crippen LogP contribution is -2.40. The van der Waals surface area contributed by atoms with Crippen LogP contribution in [0.25, 0.3) is 0 Å². The van der Waals surface area contributed by atoms with Crippen molar-refractivity contribution >= 4 is 44.8 Å². The SMILES string of the molecule is CN1CCc2cc(Cl)c(O)cc2[C@H]2c3cccc(C(=O)NCc4cccnc4)c3CC[C@@H]21.CS(=O)(=O)Nc1ccc2c(c1)CC[C@@H]1NCCc3cc(Cl)c(O)cc3[C@@H]21. The van der Waals surface area contributed by atoms with Crippen LogP contribution in [0.4, 0.5) is 5.69 Å². The average Bonchev–Trinajstić information content (AvgIpc) is 3.46. The first-order chi connectivity index (χ1) is 27.8. The number of aromatic nitrogens is 1. The Labute approximate surface area is 349 Å². The van der Waals surface area contributed by atoms with Crippen molar-refractivity contribution in [3.8, 4) is 11.5 Å². The number of anilines is 1. The van der Waals surface area contributed by atoms with Crippen LogP contribution in [-0.2, 0) is 42.3 Å². The fraction of sp³-hybridized carbons (Fsp3) is 0.333. The highest BCUT2D eigenvalue weighted by molar-refractivity contribution is 7.92. The van der Waals surface area contributed by atoms with Gasteiger partial charge in [0.05, 0.1) is 16.3 Å². The van der Waals surface area contributed by atoms with Gasteiger partial charge in [-0.2, -0.15) is 0 Å². The lowest BCUT2D eigenvalue weighted by Gasteiger charge is -2.38. The summed E-state index contributed by atoms with van der Waals surface area (Å²) >= 11 is 12.4. The van der Waals surface area contributed by atoms with E-state index in [0.717, 1.165) is 96.8 Å². The van der Waals surface area contributed by atoms with Crippen LogP contribution in [-0.4, -0.2) is 72.9 Å². The van der Waals surface area contributed by atoms with E-state index in [9.17, 15) is 23.4 Å². The molecule has 0 fully saturated rings. The van der Waals surface area contributed by atoms with Crippen molar-refractivity contribution in [2.24, 2.45) is 0 Å². The molecule has 58 heavy (non-hydrogen) atoms. The predicted octanol–water partition coefficient (Wildman–Crippen LogP) is 7.31. The molecule has 1 amide bonds.